The van der Waals surface area contributed by atoms with E-state index in [0.717, 1.165) is 6.08 Å². The van der Waals surface area contributed by atoms with E-state index in [0.29, 0.717) is 30.4 Å². The van der Waals surface area contributed by atoms with Crippen LogP contribution in [0.25, 0.3) is 0 Å². The van der Waals surface area contributed by atoms with Crippen LogP contribution in [0, 0.1) is 0 Å². The molecule has 0 saturated carbocycles. The van der Waals surface area contributed by atoms with Crippen molar-refractivity contribution in [3.8, 4) is 0 Å². The summed E-state index contributed by atoms with van der Waals surface area (Å²) in [5.41, 5.74) is -0.0945. The Morgan fingerprint density at radius 2 is 2.17 bits per heavy atom. The molecule has 0 aromatic carbocycles. The molecule has 1 aliphatic carbocycles. The van der Waals surface area contributed by atoms with Crippen LogP contribution >= 0.6 is 11.6 Å². The van der Waals surface area contributed by atoms with E-state index in [4.69, 9.17) is 11.6 Å². The Morgan fingerprint density at radius 3 is 2.83 bits per heavy atom. The van der Waals surface area contributed by atoms with Crippen LogP contribution in [-0.2, 0) is 11.0 Å². The van der Waals surface area contributed by atoms with Gasteiger partial charge in [0.15, 0.2) is 0 Å². The standard InChI is InChI=1S/C14H12ClF3N4O/c1-2-11(23)20-8-4-3-5-9(6-8)21-12-10(14(16,17)18)7-19-13(15)22-12/h2,5-7H,1,3-4H2,(H,20,23)(H,19,21,22). The van der Waals surface area contributed by atoms with E-state index in [-0.39, 0.29) is 5.28 Å². The Morgan fingerprint density at radius 1 is 1.43 bits per heavy atom. The molecule has 9 heteroatoms. The number of carbonyl (C=O) groups is 1. The molecule has 0 radical (unpaired) electrons. The van der Waals surface area contributed by atoms with Crippen molar-refractivity contribution < 1.29 is 18.0 Å². The van der Waals surface area contributed by atoms with Gasteiger partial charge in [-0.25, -0.2) is 4.98 Å². The number of anilines is 1. The topological polar surface area (TPSA) is 66.9 Å². The Bertz CT molecular complexity index is 698. The van der Waals surface area contributed by atoms with Crippen molar-refractivity contribution in [2.24, 2.45) is 0 Å². The van der Waals surface area contributed by atoms with Crippen LogP contribution in [0.15, 0.2) is 42.4 Å². The normalized spacial score (nSPS) is 14.6. The number of carbonyl (C=O) groups excluding carboxylic acids is 1. The molecule has 0 saturated heterocycles. The van der Waals surface area contributed by atoms with Gasteiger partial charge >= 0.3 is 6.18 Å². The Balaban J connectivity index is 2.25. The highest BCUT2D eigenvalue weighted by Crippen LogP contribution is 2.34. The second kappa shape index (κ2) is 6.82. The minimum absolute atomic E-state index is 0.305. The van der Waals surface area contributed by atoms with Gasteiger partial charge in [0.25, 0.3) is 0 Å². The lowest BCUT2D eigenvalue weighted by molar-refractivity contribution is -0.137. The number of alkyl halides is 3. The highest BCUT2D eigenvalue weighted by molar-refractivity contribution is 6.28. The number of halogens is 4. The third kappa shape index (κ3) is 4.56. The largest absolute Gasteiger partial charge is 0.421 e. The molecule has 0 aliphatic heterocycles. The molecular weight excluding hydrogens is 333 g/mol. The molecule has 1 heterocycles. The number of hydrogen-bond donors (Lipinski definition) is 2. The van der Waals surface area contributed by atoms with Gasteiger partial charge in [-0.1, -0.05) is 12.7 Å². The molecule has 0 bridgehead atoms. The highest BCUT2D eigenvalue weighted by atomic mass is 35.5. The van der Waals surface area contributed by atoms with E-state index in [1.54, 1.807) is 6.08 Å². The van der Waals surface area contributed by atoms with Gasteiger partial charge in [0, 0.05) is 17.6 Å². The predicted molar refractivity (Wildman–Crippen MR) is 79.4 cm³/mol. The van der Waals surface area contributed by atoms with Crippen molar-refractivity contribution >= 4 is 23.3 Å². The first-order valence-electron chi connectivity index (χ1n) is 6.50. The third-order valence-corrected chi connectivity index (χ3v) is 3.09. The zero-order valence-corrected chi connectivity index (χ0v) is 12.5. The summed E-state index contributed by atoms with van der Waals surface area (Å²) in [5.74, 6) is -0.838. The summed E-state index contributed by atoms with van der Waals surface area (Å²) in [4.78, 5) is 18.2. The van der Waals surface area contributed by atoms with Crippen LogP contribution in [0.3, 0.4) is 0 Å². The Kier molecular flexibility index (Phi) is 5.05. The molecular formula is C14H12ClF3N4O. The van der Waals surface area contributed by atoms with E-state index >= 15 is 0 Å². The minimum atomic E-state index is -4.62. The molecule has 2 N–H and O–H groups in total. The van der Waals surface area contributed by atoms with Gasteiger partial charge in [0.1, 0.15) is 11.4 Å². The van der Waals surface area contributed by atoms with E-state index < -0.39 is 23.5 Å². The van der Waals surface area contributed by atoms with Crippen molar-refractivity contribution in [3.05, 3.63) is 53.2 Å². The average molecular weight is 345 g/mol. The quantitative estimate of drug-likeness (QED) is 0.648. The van der Waals surface area contributed by atoms with Crippen LogP contribution in [0.5, 0.6) is 0 Å². The monoisotopic (exact) mass is 344 g/mol. The van der Waals surface area contributed by atoms with Gasteiger partial charge in [0.2, 0.25) is 11.2 Å². The first-order chi connectivity index (χ1) is 10.8. The molecule has 0 fully saturated rings. The number of amides is 1. The summed E-state index contributed by atoms with van der Waals surface area (Å²) >= 11 is 5.57. The molecule has 0 unspecified atom stereocenters. The fourth-order valence-electron chi connectivity index (χ4n) is 1.90. The maximum atomic E-state index is 13.0. The number of nitrogens with zero attached hydrogens (tertiary/aromatic N) is 2. The average Bonchev–Trinajstić information content (AvgIpc) is 2.46. The third-order valence-electron chi connectivity index (χ3n) is 2.90. The van der Waals surface area contributed by atoms with Gasteiger partial charge in [-0.15, -0.1) is 0 Å². The zero-order valence-electron chi connectivity index (χ0n) is 11.7. The van der Waals surface area contributed by atoms with Gasteiger partial charge < -0.3 is 10.6 Å². The van der Waals surface area contributed by atoms with Crippen LogP contribution in [0.1, 0.15) is 18.4 Å². The van der Waals surface area contributed by atoms with Gasteiger partial charge in [-0.3, -0.25) is 4.79 Å². The molecule has 1 amide bonds. The Labute approximate surface area is 135 Å². The number of rotatable bonds is 4. The highest BCUT2D eigenvalue weighted by Gasteiger charge is 2.35. The fraction of sp³-hybridized carbons (Fsp3) is 0.214. The van der Waals surface area contributed by atoms with E-state index in [2.05, 4.69) is 27.2 Å². The maximum Gasteiger partial charge on any atom is 0.421 e. The lowest BCUT2D eigenvalue weighted by Crippen LogP contribution is -2.22. The van der Waals surface area contributed by atoms with Crippen LogP contribution in [0.2, 0.25) is 5.28 Å². The number of hydrogen-bond acceptors (Lipinski definition) is 4. The SMILES string of the molecule is C=CC(=O)NC1=CC(Nc2nc(Cl)ncc2C(F)(F)F)=CCC1. The van der Waals surface area contributed by atoms with Crippen LogP contribution < -0.4 is 10.6 Å². The second-order valence-corrected chi connectivity index (χ2v) is 4.92. The summed E-state index contributed by atoms with van der Waals surface area (Å²) in [5, 5.41) is 4.85. The summed E-state index contributed by atoms with van der Waals surface area (Å²) in [6.07, 6.45) is 1.43. The van der Waals surface area contributed by atoms with Crippen molar-refractivity contribution in [2.75, 3.05) is 5.32 Å². The molecule has 122 valence electrons. The molecule has 0 atom stereocenters. The van der Waals surface area contributed by atoms with E-state index in [1.165, 1.54) is 6.08 Å². The van der Waals surface area contributed by atoms with Crippen molar-refractivity contribution in [1.29, 1.82) is 0 Å². The first-order valence-corrected chi connectivity index (χ1v) is 6.88. The smallest absolute Gasteiger partial charge is 0.340 e. The molecule has 2 rings (SSSR count). The number of allylic oxidation sites excluding steroid dienone is 3. The fourth-order valence-corrected chi connectivity index (χ4v) is 2.03. The molecule has 1 aromatic rings. The van der Waals surface area contributed by atoms with Gasteiger partial charge in [0.05, 0.1) is 0 Å². The number of nitrogens with one attached hydrogen (secondary N) is 2. The summed E-state index contributed by atoms with van der Waals surface area (Å²) in [7, 11) is 0. The predicted octanol–water partition coefficient (Wildman–Crippen LogP) is 3.42. The minimum Gasteiger partial charge on any atom is -0.340 e. The lowest BCUT2D eigenvalue weighted by Gasteiger charge is -2.17. The van der Waals surface area contributed by atoms with Crippen molar-refractivity contribution in [3.63, 3.8) is 0 Å². The van der Waals surface area contributed by atoms with E-state index in [1.807, 2.05) is 0 Å². The Hall–Kier alpha value is -2.35. The summed E-state index contributed by atoms with van der Waals surface area (Å²) < 4.78 is 38.9. The van der Waals surface area contributed by atoms with Crippen molar-refractivity contribution in [2.45, 2.75) is 19.0 Å². The molecule has 23 heavy (non-hydrogen) atoms. The molecule has 1 aliphatic rings. The van der Waals surface area contributed by atoms with Gasteiger partial charge in [-0.2, -0.15) is 18.2 Å². The van der Waals surface area contributed by atoms with Crippen molar-refractivity contribution in [1.82, 2.24) is 15.3 Å². The summed E-state index contributed by atoms with van der Waals surface area (Å²) in [6.45, 7) is 3.34. The number of aromatic nitrogens is 2. The van der Waals surface area contributed by atoms with E-state index in [9.17, 15) is 18.0 Å². The molecule has 0 spiro atoms. The van der Waals surface area contributed by atoms with Crippen LogP contribution in [0.4, 0.5) is 19.0 Å². The zero-order chi connectivity index (χ0) is 17.0. The van der Waals surface area contributed by atoms with Crippen LogP contribution in [-0.4, -0.2) is 15.9 Å². The first kappa shape index (κ1) is 17.0. The second-order valence-electron chi connectivity index (χ2n) is 4.59. The molecule has 1 aromatic heterocycles. The van der Waals surface area contributed by atoms with Gasteiger partial charge in [-0.05, 0) is 36.6 Å². The summed E-state index contributed by atoms with van der Waals surface area (Å²) in [6, 6.07) is 0. The maximum absolute atomic E-state index is 13.0. The lowest BCUT2D eigenvalue weighted by atomic mass is 10.1. The molecule has 5 nitrogen and oxygen atoms in total.